The number of pyridine rings is 1. The van der Waals surface area contributed by atoms with E-state index in [9.17, 15) is 9.59 Å². The Morgan fingerprint density at radius 3 is 2.95 bits per heavy atom. The number of carbonyl (C=O) groups is 2. The van der Waals surface area contributed by atoms with E-state index < -0.39 is 5.91 Å². The summed E-state index contributed by atoms with van der Waals surface area (Å²) in [6, 6.07) is 3.36. The molecule has 6 nitrogen and oxygen atoms in total. The predicted molar refractivity (Wildman–Crippen MR) is 76.4 cm³/mol. The fraction of sp³-hybridized carbons (Fsp3) is 0.500. The number of rotatable bonds is 5. The molecule has 0 spiro atoms. The summed E-state index contributed by atoms with van der Waals surface area (Å²) in [5, 5.41) is 0. The minimum absolute atomic E-state index is 0.196. The SMILES string of the molecule is CCN1C[C@H](CN(C)c2ncccc2C(N)=O)CC1=O. The molecular formula is C14H20N4O2. The third kappa shape index (κ3) is 2.89. The number of aromatic nitrogens is 1. The molecule has 1 atom stereocenters. The maximum absolute atomic E-state index is 11.7. The normalized spacial score (nSPS) is 18.4. The second-order valence-corrected chi connectivity index (χ2v) is 5.12. The first-order valence-electron chi connectivity index (χ1n) is 6.76. The van der Waals surface area contributed by atoms with Gasteiger partial charge in [0.1, 0.15) is 5.82 Å². The second kappa shape index (κ2) is 5.90. The first kappa shape index (κ1) is 14.3. The van der Waals surface area contributed by atoms with Crippen LogP contribution < -0.4 is 10.6 Å². The number of amides is 2. The van der Waals surface area contributed by atoms with E-state index in [2.05, 4.69) is 4.98 Å². The zero-order valence-electron chi connectivity index (χ0n) is 11.9. The zero-order chi connectivity index (χ0) is 14.7. The van der Waals surface area contributed by atoms with E-state index in [0.717, 1.165) is 13.1 Å². The highest BCUT2D eigenvalue weighted by Crippen LogP contribution is 2.22. The van der Waals surface area contributed by atoms with Crippen molar-refractivity contribution in [1.82, 2.24) is 9.88 Å². The molecule has 6 heteroatoms. The molecule has 0 aliphatic carbocycles. The fourth-order valence-electron chi connectivity index (χ4n) is 2.65. The van der Waals surface area contributed by atoms with E-state index in [-0.39, 0.29) is 11.8 Å². The number of carbonyl (C=O) groups excluding carboxylic acids is 2. The first-order chi connectivity index (χ1) is 9.52. The van der Waals surface area contributed by atoms with Crippen LogP contribution in [0.1, 0.15) is 23.7 Å². The summed E-state index contributed by atoms with van der Waals surface area (Å²) >= 11 is 0. The van der Waals surface area contributed by atoms with Gasteiger partial charge in [0.25, 0.3) is 5.91 Å². The lowest BCUT2D eigenvalue weighted by Crippen LogP contribution is -2.30. The molecular weight excluding hydrogens is 256 g/mol. The van der Waals surface area contributed by atoms with Gasteiger partial charge < -0.3 is 15.5 Å². The molecule has 2 rings (SSSR count). The summed E-state index contributed by atoms with van der Waals surface area (Å²) in [4.78, 5) is 31.1. The van der Waals surface area contributed by atoms with Crippen molar-refractivity contribution in [3.05, 3.63) is 23.9 Å². The molecule has 1 aliphatic rings. The lowest BCUT2D eigenvalue weighted by molar-refractivity contribution is -0.127. The Morgan fingerprint density at radius 1 is 1.60 bits per heavy atom. The Bertz CT molecular complexity index is 518. The van der Waals surface area contributed by atoms with E-state index >= 15 is 0 Å². The third-order valence-electron chi connectivity index (χ3n) is 3.62. The summed E-state index contributed by atoms with van der Waals surface area (Å²) in [5.41, 5.74) is 5.77. The van der Waals surface area contributed by atoms with Crippen molar-refractivity contribution >= 4 is 17.6 Å². The summed E-state index contributed by atoms with van der Waals surface area (Å²) < 4.78 is 0. The van der Waals surface area contributed by atoms with E-state index in [4.69, 9.17) is 5.73 Å². The van der Waals surface area contributed by atoms with Crippen LogP contribution in [-0.2, 0) is 4.79 Å². The first-order valence-corrected chi connectivity index (χ1v) is 6.76. The van der Waals surface area contributed by atoms with E-state index in [0.29, 0.717) is 24.3 Å². The molecule has 20 heavy (non-hydrogen) atoms. The summed E-state index contributed by atoms with van der Waals surface area (Å²) in [7, 11) is 1.87. The Labute approximate surface area is 118 Å². The van der Waals surface area contributed by atoms with Gasteiger partial charge in [0.15, 0.2) is 0 Å². The van der Waals surface area contributed by atoms with Crippen LogP contribution in [-0.4, -0.2) is 48.4 Å². The van der Waals surface area contributed by atoms with Crippen molar-refractivity contribution in [1.29, 1.82) is 0 Å². The number of nitrogens with two attached hydrogens (primary N) is 1. The van der Waals surface area contributed by atoms with Gasteiger partial charge in [0.05, 0.1) is 5.56 Å². The van der Waals surface area contributed by atoms with Crippen molar-refractivity contribution in [2.75, 3.05) is 31.6 Å². The van der Waals surface area contributed by atoms with Gasteiger partial charge in [-0.25, -0.2) is 4.98 Å². The van der Waals surface area contributed by atoms with Gasteiger partial charge in [-0.3, -0.25) is 9.59 Å². The molecule has 1 fully saturated rings. The predicted octanol–water partition coefficient (Wildman–Crippen LogP) is 0.485. The summed E-state index contributed by atoms with van der Waals surface area (Å²) in [5.74, 6) is 0.539. The summed E-state index contributed by atoms with van der Waals surface area (Å²) in [6.07, 6.45) is 2.19. The minimum atomic E-state index is -0.488. The van der Waals surface area contributed by atoms with Gasteiger partial charge in [-0.2, -0.15) is 0 Å². The molecule has 0 unspecified atom stereocenters. The average molecular weight is 276 g/mol. The molecule has 2 N–H and O–H groups in total. The average Bonchev–Trinajstić information content (AvgIpc) is 2.78. The number of likely N-dealkylation sites (tertiary alicyclic amines) is 1. The molecule has 2 heterocycles. The molecule has 1 aromatic rings. The van der Waals surface area contributed by atoms with Crippen molar-refractivity contribution in [2.24, 2.45) is 11.7 Å². The van der Waals surface area contributed by atoms with Gasteiger partial charge >= 0.3 is 0 Å². The van der Waals surface area contributed by atoms with E-state index in [1.54, 1.807) is 18.3 Å². The van der Waals surface area contributed by atoms with Crippen LogP contribution in [0, 0.1) is 5.92 Å². The van der Waals surface area contributed by atoms with Gasteiger partial charge in [0.2, 0.25) is 5.91 Å². The van der Waals surface area contributed by atoms with Crippen LogP contribution in [0.25, 0.3) is 0 Å². The maximum atomic E-state index is 11.7. The van der Waals surface area contributed by atoms with Gasteiger partial charge in [-0.15, -0.1) is 0 Å². The van der Waals surface area contributed by atoms with Crippen molar-refractivity contribution < 1.29 is 9.59 Å². The maximum Gasteiger partial charge on any atom is 0.252 e. The van der Waals surface area contributed by atoms with Crippen LogP contribution in [0.15, 0.2) is 18.3 Å². The Morgan fingerprint density at radius 2 is 2.35 bits per heavy atom. The van der Waals surface area contributed by atoms with Gasteiger partial charge in [0, 0.05) is 45.2 Å². The lowest BCUT2D eigenvalue weighted by atomic mass is 10.1. The Balaban J connectivity index is 2.08. The lowest BCUT2D eigenvalue weighted by Gasteiger charge is -2.23. The van der Waals surface area contributed by atoms with E-state index in [1.165, 1.54) is 0 Å². The van der Waals surface area contributed by atoms with Crippen LogP contribution in [0.3, 0.4) is 0 Å². The molecule has 2 amide bonds. The number of hydrogen-bond donors (Lipinski definition) is 1. The van der Waals surface area contributed by atoms with Crippen molar-refractivity contribution in [2.45, 2.75) is 13.3 Å². The van der Waals surface area contributed by atoms with Crippen LogP contribution >= 0.6 is 0 Å². The fourth-order valence-corrected chi connectivity index (χ4v) is 2.65. The molecule has 1 saturated heterocycles. The smallest absolute Gasteiger partial charge is 0.252 e. The minimum Gasteiger partial charge on any atom is -0.365 e. The second-order valence-electron chi connectivity index (χ2n) is 5.12. The summed E-state index contributed by atoms with van der Waals surface area (Å²) in [6.45, 7) is 4.17. The standard InChI is InChI=1S/C14H20N4O2/c1-3-18-9-10(7-12(18)19)8-17(2)14-11(13(15)20)5-4-6-16-14/h4-6,10H,3,7-9H2,1-2H3,(H2,15,20)/t10-/m0/s1. The van der Waals surface area contributed by atoms with Crippen LogP contribution in [0.2, 0.25) is 0 Å². The molecule has 108 valence electrons. The largest absolute Gasteiger partial charge is 0.365 e. The Kier molecular flexibility index (Phi) is 4.22. The van der Waals surface area contributed by atoms with Gasteiger partial charge in [-0.1, -0.05) is 0 Å². The van der Waals surface area contributed by atoms with Crippen molar-refractivity contribution in [3.63, 3.8) is 0 Å². The highest BCUT2D eigenvalue weighted by atomic mass is 16.2. The highest BCUT2D eigenvalue weighted by Gasteiger charge is 2.29. The number of hydrogen-bond acceptors (Lipinski definition) is 4. The third-order valence-corrected chi connectivity index (χ3v) is 3.62. The van der Waals surface area contributed by atoms with Crippen molar-refractivity contribution in [3.8, 4) is 0 Å². The Hall–Kier alpha value is -2.11. The molecule has 0 aromatic carbocycles. The monoisotopic (exact) mass is 276 g/mol. The van der Waals surface area contributed by atoms with E-state index in [1.807, 2.05) is 23.8 Å². The molecule has 0 saturated carbocycles. The number of nitrogens with zero attached hydrogens (tertiary/aromatic N) is 3. The molecule has 0 bridgehead atoms. The van der Waals surface area contributed by atoms with Gasteiger partial charge in [-0.05, 0) is 19.1 Å². The molecule has 1 aromatic heterocycles. The van der Waals surface area contributed by atoms with Crippen LogP contribution in [0.5, 0.6) is 0 Å². The molecule has 0 radical (unpaired) electrons. The highest BCUT2D eigenvalue weighted by molar-refractivity contribution is 5.97. The molecule has 1 aliphatic heterocycles. The number of anilines is 1. The topological polar surface area (TPSA) is 79.5 Å². The quantitative estimate of drug-likeness (QED) is 0.848. The number of primary amides is 1. The van der Waals surface area contributed by atoms with Crippen LogP contribution in [0.4, 0.5) is 5.82 Å². The zero-order valence-corrected chi connectivity index (χ0v) is 11.9.